The number of alkyl halides is 2. The number of carboxylic acid groups (broad SMARTS) is 1. The van der Waals surface area contributed by atoms with E-state index in [4.69, 9.17) is 10.8 Å². The standard InChI is InChI=1S/C9H10F2N2O2/c1-4-2-5(9(10)11)8(12)6(13-4)3-7(14)15/h2,9H,3,12H2,1H3,(H,14,15). The van der Waals surface area contributed by atoms with Gasteiger partial charge in [-0.3, -0.25) is 9.78 Å². The number of nitrogens with zero attached hydrogens (tertiary/aromatic N) is 1. The molecule has 0 aliphatic heterocycles. The molecule has 0 unspecified atom stereocenters. The van der Waals surface area contributed by atoms with E-state index < -0.39 is 18.8 Å². The fourth-order valence-corrected chi connectivity index (χ4v) is 1.23. The highest BCUT2D eigenvalue weighted by atomic mass is 19.3. The van der Waals surface area contributed by atoms with E-state index in [0.29, 0.717) is 5.69 Å². The van der Waals surface area contributed by atoms with Crippen molar-refractivity contribution in [2.24, 2.45) is 0 Å². The quantitative estimate of drug-likeness (QED) is 0.803. The number of carboxylic acids is 1. The van der Waals surface area contributed by atoms with Crippen LogP contribution in [0.3, 0.4) is 0 Å². The minimum atomic E-state index is -2.72. The summed E-state index contributed by atoms with van der Waals surface area (Å²) in [6, 6.07) is 1.16. The second-order valence-corrected chi connectivity index (χ2v) is 3.08. The third-order valence-corrected chi connectivity index (χ3v) is 1.85. The number of rotatable bonds is 3. The molecule has 0 aliphatic rings. The normalized spacial score (nSPS) is 10.7. The Hall–Kier alpha value is -1.72. The average Bonchev–Trinajstić information content (AvgIpc) is 2.09. The first kappa shape index (κ1) is 11.4. The maximum atomic E-state index is 12.5. The average molecular weight is 216 g/mol. The molecule has 0 atom stereocenters. The van der Waals surface area contributed by atoms with Gasteiger partial charge in [0.15, 0.2) is 0 Å². The summed E-state index contributed by atoms with van der Waals surface area (Å²) in [5.41, 5.74) is 5.11. The third-order valence-electron chi connectivity index (χ3n) is 1.85. The van der Waals surface area contributed by atoms with Crippen LogP contribution in [0.5, 0.6) is 0 Å². The van der Waals surface area contributed by atoms with Crippen molar-refractivity contribution in [2.75, 3.05) is 5.73 Å². The Morgan fingerprint density at radius 2 is 2.27 bits per heavy atom. The van der Waals surface area contributed by atoms with Gasteiger partial charge in [-0.1, -0.05) is 0 Å². The molecule has 1 rings (SSSR count). The Kier molecular flexibility index (Phi) is 3.18. The van der Waals surface area contributed by atoms with Gasteiger partial charge in [0.05, 0.1) is 17.8 Å². The molecule has 0 fully saturated rings. The molecule has 0 saturated carbocycles. The van der Waals surface area contributed by atoms with Crippen LogP contribution in [0.2, 0.25) is 0 Å². The summed E-state index contributed by atoms with van der Waals surface area (Å²) in [5.74, 6) is -1.15. The van der Waals surface area contributed by atoms with Crippen molar-refractivity contribution in [3.63, 3.8) is 0 Å². The monoisotopic (exact) mass is 216 g/mol. The number of nitrogen functional groups attached to an aromatic ring is 1. The maximum absolute atomic E-state index is 12.5. The molecular formula is C9H10F2N2O2. The van der Waals surface area contributed by atoms with Gasteiger partial charge < -0.3 is 10.8 Å². The largest absolute Gasteiger partial charge is 0.481 e. The van der Waals surface area contributed by atoms with Gasteiger partial charge in [-0.05, 0) is 13.0 Å². The number of pyridine rings is 1. The number of carbonyl (C=O) groups is 1. The first-order valence-electron chi connectivity index (χ1n) is 4.17. The van der Waals surface area contributed by atoms with Crippen molar-refractivity contribution in [3.05, 3.63) is 23.0 Å². The maximum Gasteiger partial charge on any atom is 0.309 e. The van der Waals surface area contributed by atoms with E-state index >= 15 is 0 Å². The molecule has 0 radical (unpaired) electrons. The fraction of sp³-hybridized carbons (Fsp3) is 0.333. The summed E-state index contributed by atoms with van der Waals surface area (Å²) in [7, 11) is 0. The lowest BCUT2D eigenvalue weighted by Crippen LogP contribution is -2.09. The van der Waals surface area contributed by atoms with E-state index in [1.807, 2.05) is 0 Å². The van der Waals surface area contributed by atoms with Gasteiger partial charge in [0.2, 0.25) is 0 Å². The number of aliphatic carboxylic acids is 1. The van der Waals surface area contributed by atoms with Crippen LogP contribution in [0.4, 0.5) is 14.5 Å². The Labute approximate surface area is 84.7 Å². The van der Waals surface area contributed by atoms with Crippen LogP contribution < -0.4 is 5.73 Å². The summed E-state index contributed by atoms with van der Waals surface area (Å²) in [5, 5.41) is 8.53. The van der Waals surface area contributed by atoms with Crippen LogP contribution in [-0.2, 0) is 11.2 Å². The lowest BCUT2D eigenvalue weighted by molar-refractivity contribution is -0.136. The SMILES string of the molecule is Cc1cc(C(F)F)c(N)c(CC(=O)O)n1. The molecule has 0 aliphatic carbocycles. The Balaban J connectivity index is 3.21. The Morgan fingerprint density at radius 3 is 2.73 bits per heavy atom. The second-order valence-electron chi connectivity index (χ2n) is 3.08. The van der Waals surface area contributed by atoms with E-state index in [2.05, 4.69) is 4.98 Å². The predicted octanol–water partition coefficient (Wildman–Crippen LogP) is 1.54. The van der Waals surface area contributed by atoms with E-state index in [1.54, 1.807) is 0 Å². The summed E-state index contributed by atoms with van der Waals surface area (Å²) < 4.78 is 24.9. The van der Waals surface area contributed by atoms with E-state index in [0.717, 1.165) is 6.07 Å². The van der Waals surface area contributed by atoms with Crippen LogP contribution in [-0.4, -0.2) is 16.1 Å². The van der Waals surface area contributed by atoms with Crippen LogP contribution in [0.1, 0.15) is 23.4 Å². The molecule has 15 heavy (non-hydrogen) atoms. The molecule has 1 aromatic heterocycles. The van der Waals surface area contributed by atoms with Crippen LogP contribution in [0, 0.1) is 6.92 Å². The lowest BCUT2D eigenvalue weighted by atomic mass is 10.1. The van der Waals surface area contributed by atoms with Crippen molar-refractivity contribution in [1.29, 1.82) is 0 Å². The van der Waals surface area contributed by atoms with E-state index in [-0.39, 0.29) is 16.9 Å². The van der Waals surface area contributed by atoms with E-state index in [9.17, 15) is 13.6 Å². The minimum absolute atomic E-state index is 0.0159. The smallest absolute Gasteiger partial charge is 0.309 e. The van der Waals surface area contributed by atoms with Crippen LogP contribution >= 0.6 is 0 Å². The molecule has 0 bridgehead atoms. The summed E-state index contributed by atoms with van der Waals surface area (Å²) in [4.78, 5) is 14.2. The zero-order valence-corrected chi connectivity index (χ0v) is 8.00. The molecular weight excluding hydrogens is 206 g/mol. The second kappa shape index (κ2) is 4.20. The van der Waals surface area contributed by atoms with Gasteiger partial charge in [-0.15, -0.1) is 0 Å². The zero-order chi connectivity index (χ0) is 11.6. The third kappa shape index (κ3) is 2.61. The Morgan fingerprint density at radius 1 is 1.67 bits per heavy atom. The van der Waals surface area contributed by atoms with Crippen molar-refractivity contribution in [2.45, 2.75) is 19.8 Å². The number of nitrogens with two attached hydrogens (primary N) is 1. The van der Waals surface area contributed by atoms with Crippen molar-refractivity contribution >= 4 is 11.7 Å². The van der Waals surface area contributed by atoms with Gasteiger partial charge in [0, 0.05) is 11.3 Å². The van der Waals surface area contributed by atoms with Gasteiger partial charge in [-0.25, -0.2) is 8.78 Å². The molecule has 0 amide bonds. The van der Waals surface area contributed by atoms with Crippen molar-refractivity contribution < 1.29 is 18.7 Å². The lowest BCUT2D eigenvalue weighted by Gasteiger charge is -2.09. The first-order chi connectivity index (χ1) is 6.91. The topological polar surface area (TPSA) is 76.2 Å². The number of anilines is 1. The van der Waals surface area contributed by atoms with Gasteiger partial charge in [0.25, 0.3) is 6.43 Å². The molecule has 4 nitrogen and oxygen atoms in total. The van der Waals surface area contributed by atoms with Gasteiger partial charge in [0.1, 0.15) is 0 Å². The number of halogens is 2. The molecule has 0 aromatic carbocycles. The summed E-state index contributed by atoms with van der Waals surface area (Å²) >= 11 is 0. The Bertz CT molecular complexity index is 394. The molecule has 1 heterocycles. The van der Waals surface area contributed by atoms with Gasteiger partial charge >= 0.3 is 5.97 Å². The number of hydrogen-bond acceptors (Lipinski definition) is 3. The highest BCUT2D eigenvalue weighted by Crippen LogP contribution is 2.27. The van der Waals surface area contributed by atoms with E-state index in [1.165, 1.54) is 6.92 Å². The van der Waals surface area contributed by atoms with Crippen molar-refractivity contribution in [1.82, 2.24) is 4.98 Å². The first-order valence-corrected chi connectivity index (χ1v) is 4.17. The molecule has 82 valence electrons. The highest BCUT2D eigenvalue weighted by Gasteiger charge is 2.17. The number of hydrogen-bond donors (Lipinski definition) is 2. The fourth-order valence-electron chi connectivity index (χ4n) is 1.23. The predicted molar refractivity (Wildman–Crippen MR) is 49.7 cm³/mol. The van der Waals surface area contributed by atoms with Crippen molar-refractivity contribution in [3.8, 4) is 0 Å². The number of aryl methyl sites for hydroxylation is 1. The van der Waals surface area contributed by atoms with Gasteiger partial charge in [-0.2, -0.15) is 0 Å². The number of aromatic nitrogens is 1. The molecule has 6 heteroatoms. The molecule has 1 aromatic rings. The summed E-state index contributed by atoms with van der Waals surface area (Å²) in [6.45, 7) is 1.51. The molecule has 3 N–H and O–H groups in total. The molecule has 0 spiro atoms. The minimum Gasteiger partial charge on any atom is -0.481 e. The van der Waals surface area contributed by atoms with Crippen LogP contribution in [0.25, 0.3) is 0 Å². The zero-order valence-electron chi connectivity index (χ0n) is 8.00. The molecule has 0 saturated heterocycles. The van der Waals surface area contributed by atoms with Crippen LogP contribution in [0.15, 0.2) is 6.07 Å². The highest BCUT2D eigenvalue weighted by molar-refractivity contribution is 5.72. The summed E-state index contributed by atoms with van der Waals surface area (Å²) in [6.07, 6.45) is -3.17.